The highest BCUT2D eigenvalue weighted by molar-refractivity contribution is 9.10. The number of carboxylic acids is 1. The van der Waals surface area contributed by atoms with Crippen LogP contribution in [0.1, 0.15) is 11.1 Å². The van der Waals surface area contributed by atoms with E-state index >= 15 is 0 Å². The van der Waals surface area contributed by atoms with Gasteiger partial charge in [-0.1, -0.05) is 34.1 Å². The van der Waals surface area contributed by atoms with Crippen molar-refractivity contribution in [2.24, 2.45) is 5.92 Å². The van der Waals surface area contributed by atoms with Crippen LogP contribution in [0.5, 0.6) is 0 Å². The summed E-state index contributed by atoms with van der Waals surface area (Å²) in [6.45, 7) is 0. The molecule has 2 aromatic rings. The van der Waals surface area contributed by atoms with Crippen LogP contribution in [0.4, 0.5) is 8.78 Å². The molecule has 1 unspecified atom stereocenters. The third-order valence-electron chi connectivity index (χ3n) is 3.21. The first-order chi connectivity index (χ1) is 9.95. The first-order valence-electron chi connectivity index (χ1n) is 6.37. The molecule has 2 nitrogen and oxygen atoms in total. The predicted molar refractivity (Wildman–Crippen MR) is 79.0 cm³/mol. The summed E-state index contributed by atoms with van der Waals surface area (Å²) in [5.41, 5.74) is 1.35. The summed E-state index contributed by atoms with van der Waals surface area (Å²) in [6, 6.07) is 10.8. The number of carboxylic acid groups (broad SMARTS) is 1. The van der Waals surface area contributed by atoms with Gasteiger partial charge in [-0.2, -0.15) is 0 Å². The second-order valence-electron chi connectivity index (χ2n) is 4.82. The summed E-state index contributed by atoms with van der Waals surface area (Å²) < 4.78 is 27.0. The Labute approximate surface area is 129 Å². The van der Waals surface area contributed by atoms with E-state index in [2.05, 4.69) is 15.9 Å². The zero-order valence-corrected chi connectivity index (χ0v) is 12.6. The average Bonchev–Trinajstić information content (AvgIpc) is 2.44. The minimum atomic E-state index is -0.958. The van der Waals surface area contributed by atoms with Crippen LogP contribution in [-0.2, 0) is 17.6 Å². The van der Waals surface area contributed by atoms with Gasteiger partial charge in [0.1, 0.15) is 0 Å². The summed E-state index contributed by atoms with van der Waals surface area (Å²) in [6.07, 6.45) is 0.490. The van der Waals surface area contributed by atoms with Crippen LogP contribution in [-0.4, -0.2) is 11.1 Å². The van der Waals surface area contributed by atoms with Gasteiger partial charge in [0.25, 0.3) is 0 Å². The molecule has 2 aromatic carbocycles. The van der Waals surface area contributed by atoms with Crippen molar-refractivity contribution in [3.05, 3.63) is 69.7 Å². The molecule has 0 heterocycles. The second kappa shape index (κ2) is 6.80. The Morgan fingerprint density at radius 1 is 1.00 bits per heavy atom. The highest BCUT2D eigenvalue weighted by atomic mass is 79.9. The first-order valence-corrected chi connectivity index (χ1v) is 7.16. The Morgan fingerprint density at radius 2 is 1.57 bits per heavy atom. The molecule has 0 amide bonds. The van der Waals surface area contributed by atoms with Gasteiger partial charge in [-0.15, -0.1) is 0 Å². The second-order valence-corrected chi connectivity index (χ2v) is 5.73. The number of benzene rings is 2. The van der Waals surface area contributed by atoms with E-state index in [1.807, 2.05) is 24.3 Å². The number of carbonyl (C=O) groups is 1. The quantitative estimate of drug-likeness (QED) is 0.872. The molecule has 1 N–H and O–H groups in total. The van der Waals surface area contributed by atoms with Crippen molar-refractivity contribution >= 4 is 21.9 Å². The highest BCUT2D eigenvalue weighted by Gasteiger charge is 2.19. The molecule has 0 saturated carbocycles. The molecule has 0 bridgehead atoms. The van der Waals surface area contributed by atoms with Crippen molar-refractivity contribution in [1.29, 1.82) is 0 Å². The fraction of sp³-hybridized carbons (Fsp3) is 0.188. The molecule has 0 aromatic heterocycles. The summed E-state index contributed by atoms with van der Waals surface area (Å²) in [4.78, 5) is 11.3. The van der Waals surface area contributed by atoms with Crippen molar-refractivity contribution in [2.45, 2.75) is 12.8 Å². The van der Waals surface area contributed by atoms with Gasteiger partial charge < -0.3 is 5.11 Å². The van der Waals surface area contributed by atoms with Crippen LogP contribution in [0.15, 0.2) is 46.9 Å². The topological polar surface area (TPSA) is 37.3 Å². The standard InChI is InChI=1S/C16H13BrF2O2/c17-13-4-1-10(2-5-13)7-12(16(20)21)8-11-3-6-14(18)15(19)9-11/h1-6,9,12H,7-8H2,(H,20,21). The summed E-state index contributed by atoms with van der Waals surface area (Å²) in [7, 11) is 0. The van der Waals surface area contributed by atoms with E-state index in [1.54, 1.807) is 0 Å². The maximum atomic E-state index is 13.2. The Bertz CT molecular complexity index is 641. The van der Waals surface area contributed by atoms with E-state index < -0.39 is 23.5 Å². The number of halogens is 3. The molecule has 21 heavy (non-hydrogen) atoms. The molecule has 5 heteroatoms. The smallest absolute Gasteiger partial charge is 0.307 e. The van der Waals surface area contributed by atoms with Crippen LogP contribution in [0.2, 0.25) is 0 Å². The molecule has 0 radical (unpaired) electrons. The Morgan fingerprint density at radius 3 is 2.14 bits per heavy atom. The number of rotatable bonds is 5. The van der Waals surface area contributed by atoms with Gasteiger partial charge in [-0.25, -0.2) is 8.78 Å². The molecule has 2 rings (SSSR count). The lowest BCUT2D eigenvalue weighted by Crippen LogP contribution is -2.19. The van der Waals surface area contributed by atoms with Crippen LogP contribution in [0.25, 0.3) is 0 Å². The van der Waals surface area contributed by atoms with Gasteiger partial charge in [-0.3, -0.25) is 4.79 Å². The predicted octanol–water partition coefficient (Wildman–Crippen LogP) is 4.21. The molecule has 110 valence electrons. The average molecular weight is 355 g/mol. The van der Waals surface area contributed by atoms with E-state index in [4.69, 9.17) is 0 Å². The summed E-state index contributed by atoms with van der Waals surface area (Å²) in [5, 5.41) is 9.30. The first kappa shape index (κ1) is 15.6. The molecular formula is C16H13BrF2O2. The Kier molecular flexibility index (Phi) is 5.07. The Balaban J connectivity index is 2.13. The van der Waals surface area contributed by atoms with Gasteiger partial charge in [0.05, 0.1) is 5.92 Å². The number of hydrogen-bond acceptors (Lipinski definition) is 1. The third-order valence-corrected chi connectivity index (χ3v) is 3.74. The Hall–Kier alpha value is -1.75. The van der Waals surface area contributed by atoms with Crippen molar-refractivity contribution in [3.63, 3.8) is 0 Å². The number of hydrogen-bond donors (Lipinski definition) is 1. The molecule has 1 atom stereocenters. The van der Waals surface area contributed by atoms with Crippen molar-refractivity contribution in [1.82, 2.24) is 0 Å². The van der Waals surface area contributed by atoms with Crippen LogP contribution >= 0.6 is 15.9 Å². The van der Waals surface area contributed by atoms with Gasteiger partial charge in [0.2, 0.25) is 0 Å². The van der Waals surface area contributed by atoms with Crippen LogP contribution in [0, 0.1) is 17.6 Å². The zero-order valence-electron chi connectivity index (χ0n) is 11.0. The van der Waals surface area contributed by atoms with Gasteiger partial charge >= 0.3 is 5.97 Å². The summed E-state index contributed by atoms with van der Waals surface area (Å²) >= 11 is 3.32. The lowest BCUT2D eigenvalue weighted by atomic mass is 9.92. The molecular weight excluding hydrogens is 342 g/mol. The molecule has 0 fully saturated rings. The maximum absolute atomic E-state index is 13.2. The molecule has 0 aliphatic rings. The lowest BCUT2D eigenvalue weighted by molar-refractivity contribution is -0.141. The van der Waals surface area contributed by atoms with Gasteiger partial charge in [0, 0.05) is 4.47 Å². The van der Waals surface area contributed by atoms with E-state index in [-0.39, 0.29) is 6.42 Å². The van der Waals surface area contributed by atoms with Gasteiger partial charge in [-0.05, 0) is 48.2 Å². The van der Waals surface area contributed by atoms with Crippen molar-refractivity contribution in [3.8, 4) is 0 Å². The SMILES string of the molecule is O=C(O)C(Cc1ccc(Br)cc1)Cc1ccc(F)c(F)c1. The van der Waals surface area contributed by atoms with Crippen molar-refractivity contribution in [2.75, 3.05) is 0 Å². The van der Waals surface area contributed by atoms with E-state index in [1.165, 1.54) is 6.07 Å². The molecule has 0 aliphatic heterocycles. The number of aliphatic carboxylic acids is 1. The molecule has 0 spiro atoms. The largest absolute Gasteiger partial charge is 0.481 e. The molecule has 0 aliphatic carbocycles. The van der Waals surface area contributed by atoms with Gasteiger partial charge in [0.15, 0.2) is 11.6 Å². The highest BCUT2D eigenvalue weighted by Crippen LogP contribution is 2.19. The maximum Gasteiger partial charge on any atom is 0.307 e. The minimum absolute atomic E-state index is 0.155. The lowest BCUT2D eigenvalue weighted by Gasteiger charge is -2.13. The molecule has 0 saturated heterocycles. The summed E-state index contributed by atoms with van der Waals surface area (Å²) in [5.74, 6) is -3.53. The fourth-order valence-corrected chi connectivity index (χ4v) is 2.37. The van der Waals surface area contributed by atoms with Crippen molar-refractivity contribution < 1.29 is 18.7 Å². The van der Waals surface area contributed by atoms with E-state index in [0.29, 0.717) is 12.0 Å². The third kappa shape index (κ3) is 4.36. The van der Waals surface area contributed by atoms with Crippen LogP contribution in [0.3, 0.4) is 0 Å². The van der Waals surface area contributed by atoms with E-state index in [9.17, 15) is 18.7 Å². The fourth-order valence-electron chi connectivity index (χ4n) is 2.10. The minimum Gasteiger partial charge on any atom is -0.481 e. The van der Waals surface area contributed by atoms with E-state index in [0.717, 1.165) is 22.2 Å². The zero-order chi connectivity index (χ0) is 15.4. The normalized spacial score (nSPS) is 12.1. The monoisotopic (exact) mass is 354 g/mol. The van der Waals surface area contributed by atoms with Crippen LogP contribution < -0.4 is 0 Å².